The minimum absolute atomic E-state index is 0.0415. The zero-order chi connectivity index (χ0) is 31.1. The number of aromatic amines is 1. The van der Waals surface area contributed by atoms with Crippen molar-refractivity contribution in [3.05, 3.63) is 87.6 Å². The van der Waals surface area contributed by atoms with Gasteiger partial charge >= 0.3 is 6.18 Å². The lowest BCUT2D eigenvalue weighted by atomic mass is 10.0. The molecule has 0 spiro atoms. The molecule has 1 saturated heterocycles. The van der Waals surface area contributed by atoms with Gasteiger partial charge in [0.1, 0.15) is 11.5 Å². The first-order chi connectivity index (χ1) is 20.3. The monoisotopic (exact) mass is 599 g/mol. The van der Waals surface area contributed by atoms with Crippen molar-refractivity contribution < 1.29 is 27.2 Å². The van der Waals surface area contributed by atoms with Crippen molar-refractivity contribution in [2.24, 2.45) is 0 Å². The van der Waals surface area contributed by atoms with Gasteiger partial charge in [0.05, 0.1) is 28.7 Å². The average molecular weight is 600 g/mol. The Morgan fingerprint density at radius 3 is 2.47 bits per heavy atom. The maximum absolute atomic E-state index is 15.8. The molecule has 2 aliphatic rings. The molecule has 1 aromatic carbocycles. The highest BCUT2D eigenvalue weighted by molar-refractivity contribution is 6.07. The van der Waals surface area contributed by atoms with E-state index in [-0.39, 0.29) is 42.1 Å². The van der Waals surface area contributed by atoms with E-state index in [2.05, 4.69) is 25.2 Å². The number of carbonyl (C=O) groups excluding carboxylic acids is 2. The van der Waals surface area contributed by atoms with Gasteiger partial charge in [-0.05, 0) is 38.6 Å². The van der Waals surface area contributed by atoms with E-state index in [0.29, 0.717) is 36.6 Å². The fourth-order valence-electron chi connectivity index (χ4n) is 5.33. The summed E-state index contributed by atoms with van der Waals surface area (Å²) in [7, 11) is 1.97. The fraction of sp³-hybridized carbons (Fsp3) is 0.345. The number of rotatable bonds is 5. The summed E-state index contributed by atoms with van der Waals surface area (Å²) in [6.07, 6.45) is 1.56. The van der Waals surface area contributed by atoms with E-state index in [1.165, 1.54) is 35.6 Å². The maximum atomic E-state index is 15.8. The Labute approximate surface area is 244 Å². The van der Waals surface area contributed by atoms with Crippen LogP contribution in [-0.4, -0.2) is 81.9 Å². The number of pyridine rings is 1. The van der Waals surface area contributed by atoms with Gasteiger partial charge in [0, 0.05) is 68.5 Å². The molecule has 1 fully saturated rings. The molecular weight excluding hydrogens is 570 g/mol. The summed E-state index contributed by atoms with van der Waals surface area (Å²) in [5.41, 5.74) is -2.14. The van der Waals surface area contributed by atoms with Crippen molar-refractivity contribution in [1.29, 1.82) is 0 Å². The quantitative estimate of drug-likeness (QED) is 0.431. The second kappa shape index (κ2) is 11.6. The summed E-state index contributed by atoms with van der Waals surface area (Å²) in [5.74, 6) is -2.15. The van der Waals surface area contributed by atoms with E-state index in [1.807, 2.05) is 25.8 Å². The number of H-pyrrole nitrogens is 1. The van der Waals surface area contributed by atoms with Crippen LogP contribution in [0.1, 0.15) is 45.8 Å². The Morgan fingerprint density at radius 2 is 1.81 bits per heavy atom. The first-order valence-corrected chi connectivity index (χ1v) is 13.5. The lowest BCUT2D eigenvalue weighted by molar-refractivity contribution is -0.138. The van der Waals surface area contributed by atoms with Crippen molar-refractivity contribution in [3.63, 3.8) is 0 Å². The number of nitrogens with zero attached hydrogens (tertiary/aromatic N) is 5. The number of amides is 2. The van der Waals surface area contributed by atoms with Gasteiger partial charge in [0.2, 0.25) is 5.56 Å². The maximum Gasteiger partial charge on any atom is 0.417 e. The van der Waals surface area contributed by atoms with Crippen molar-refractivity contribution >= 4 is 28.8 Å². The number of halogens is 4. The number of likely N-dealkylation sites (N-methyl/N-ethyl adjacent to an activating group) is 1. The highest BCUT2D eigenvalue weighted by atomic mass is 19.4. The summed E-state index contributed by atoms with van der Waals surface area (Å²) in [6, 6.07) is 3.06. The summed E-state index contributed by atoms with van der Waals surface area (Å²) >= 11 is 0. The van der Waals surface area contributed by atoms with Crippen LogP contribution in [0.25, 0.3) is 5.57 Å². The molecule has 10 nitrogen and oxygen atoms in total. The van der Waals surface area contributed by atoms with Crippen LogP contribution in [0, 0.1) is 5.82 Å². The fourth-order valence-corrected chi connectivity index (χ4v) is 5.33. The molecule has 226 valence electrons. The van der Waals surface area contributed by atoms with E-state index in [4.69, 9.17) is 0 Å². The second-order valence-corrected chi connectivity index (χ2v) is 10.7. The number of aromatic nitrogens is 3. The number of carbonyl (C=O) groups is 2. The van der Waals surface area contributed by atoms with Gasteiger partial charge < -0.3 is 20.1 Å². The summed E-state index contributed by atoms with van der Waals surface area (Å²) in [4.78, 5) is 53.3. The number of piperazine rings is 1. The molecule has 0 aliphatic carbocycles. The number of anilines is 2. The Kier molecular flexibility index (Phi) is 8.06. The van der Waals surface area contributed by atoms with Crippen molar-refractivity contribution in [2.75, 3.05) is 43.4 Å². The lowest BCUT2D eigenvalue weighted by Crippen LogP contribution is -2.55. The van der Waals surface area contributed by atoms with E-state index < -0.39 is 40.5 Å². The minimum atomic E-state index is -4.96. The van der Waals surface area contributed by atoms with Crippen LogP contribution in [0.2, 0.25) is 0 Å². The summed E-state index contributed by atoms with van der Waals surface area (Å²) < 4.78 is 56.9. The van der Waals surface area contributed by atoms with Crippen LogP contribution in [0.4, 0.5) is 28.9 Å². The molecule has 4 heterocycles. The zero-order valence-corrected chi connectivity index (χ0v) is 23.6. The molecule has 3 aromatic rings. The largest absolute Gasteiger partial charge is 0.417 e. The zero-order valence-electron chi connectivity index (χ0n) is 23.6. The first-order valence-electron chi connectivity index (χ1n) is 13.5. The number of hydrogen-bond donors (Lipinski definition) is 2. The normalized spacial score (nSPS) is 19.4. The lowest BCUT2D eigenvalue weighted by Gasteiger charge is -2.44. The Bertz CT molecular complexity index is 1630. The molecule has 2 atom stereocenters. The number of nitrogens with one attached hydrogen (secondary N) is 2. The molecule has 2 aliphatic heterocycles. The number of hydrogen-bond acceptors (Lipinski definition) is 7. The molecule has 2 amide bonds. The number of alkyl halides is 3. The van der Waals surface area contributed by atoms with E-state index >= 15 is 4.39 Å². The molecule has 0 radical (unpaired) electrons. The molecule has 0 saturated carbocycles. The second-order valence-electron chi connectivity index (χ2n) is 10.7. The van der Waals surface area contributed by atoms with Crippen LogP contribution in [0.15, 0.2) is 53.9 Å². The Hall–Kier alpha value is -4.59. The van der Waals surface area contributed by atoms with Gasteiger partial charge in [0.25, 0.3) is 11.8 Å². The molecule has 2 N–H and O–H groups in total. The highest BCUT2D eigenvalue weighted by Crippen LogP contribution is 2.37. The van der Waals surface area contributed by atoms with Crippen LogP contribution in [-0.2, 0) is 6.18 Å². The van der Waals surface area contributed by atoms with Crippen molar-refractivity contribution in [1.82, 2.24) is 24.8 Å². The van der Waals surface area contributed by atoms with Crippen LogP contribution in [0.3, 0.4) is 0 Å². The third-order valence-corrected chi connectivity index (χ3v) is 7.84. The van der Waals surface area contributed by atoms with Crippen LogP contribution < -0.4 is 15.8 Å². The minimum Gasteiger partial charge on any atom is -0.367 e. The van der Waals surface area contributed by atoms with Crippen LogP contribution >= 0.6 is 0 Å². The Balaban J connectivity index is 1.51. The Morgan fingerprint density at radius 1 is 1.09 bits per heavy atom. The molecule has 14 heteroatoms. The highest BCUT2D eigenvalue weighted by Gasteiger charge is 2.36. The van der Waals surface area contributed by atoms with Gasteiger partial charge in [-0.3, -0.25) is 24.3 Å². The van der Waals surface area contributed by atoms with Gasteiger partial charge in [-0.25, -0.2) is 9.37 Å². The molecule has 43 heavy (non-hydrogen) atoms. The summed E-state index contributed by atoms with van der Waals surface area (Å²) in [5, 5.41) is 2.54. The van der Waals surface area contributed by atoms with Gasteiger partial charge in [-0.2, -0.15) is 13.2 Å². The molecule has 2 unspecified atom stereocenters. The first kappa shape index (κ1) is 29.9. The molecule has 0 bridgehead atoms. The van der Waals surface area contributed by atoms with Gasteiger partial charge in [-0.15, -0.1) is 0 Å². The molecule has 2 aromatic heterocycles. The van der Waals surface area contributed by atoms with Crippen molar-refractivity contribution in [2.45, 2.75) is 32.1 Å². The van der Waals surface area contributed by atoms with Gasteiger partial charge in [-0.1, -0.05) is 6.08 Å². The topological polar surface area (TPSA) is 115 Å². The standard InChI is InChI=1S/C29H29F4N7O3/c1-16-13-40(14-17(2)38(16)3)25-10-22(30)19(18-4-7-39(15-18)28(43)24-12-34-5-6-35-24)8-23(25)37-27(42)20-11-36-26(41)9-21(20)29(31,32)33/h4-6,8-12,16-17H,7,13-15H2,1-3H3,(H,36,41)(H,37,42). The van der Waals surface area contributed by atoms with Crippen LogP contribution in [0.5, 0.6) is 0 Å². The third kappa shape index (κ3) is 6.14. The van der Waals surface area contributed by atoms with Crippen molar-refractivity contribution in [3.8, 4) is 0 Å². The smallest absolute Gasteiger partial charge is 0.367 e. The van der Waals surface area contributed by atoms with E-state index in [9.17, 15) is 27.6 Å². The predicted octanol–water partition coefficient (Wildman–Crippen LogP) is 3.64. The SMILES string of the molecule is CC1CN(c2cc(F)c(C3=CCN(C(=O)c4cnccn4)C3)cc2NC(=O)c2c[nH]c(=O)cc2C(F)(F)F)CC(C)N1C. The summed E-state index contributed by atoms with van der Waals surface area (Å²) in [6.45, 7) is 5.14. The third-order valence-electron chi connectivity index (χ3n) is 7.84. The van der Waals surface area contributed by atoms with E-state index in [0.717, 1.165) is 0 Å². The molecule has 5 rings (SSSR count). The number of benzene rings is 1. The average Bonchev–Trinajstić information content (AvgIpc) is 3.46. The van der Waals surface area contributed by atoms with Gasteiger partial charge in [0.15, 0.2) is 0 Å². The van der Waals surface area contributed by atoms with E-state index in [1.54, 1.807) is 6.08 Å². The predicted molar refractivity (Wildman–Crippen MR) is 151 cm³/mol. The molecular formula is C29H29F4N7O3.